The van der Waals surface area contributed by atoms with Gasteiger partial charge in [0.1, 0.15) is 24.4 Å². The Kier molecular flexibility index (Phi) is 16.5. The summed E-state index contributed by atoms with van der Waals surface area (Å²) in [6, 6.07) is 18.8. The van der Waals surface area contributed by atoms with E-state index in [0.717, 1.165) is 50.9 Å². The second kappa shape index (κ2) is 20.3. The van der Waals surface area contributed by atoms with Crippen LogP contribution in [0.15, 0.2) is 60.7 Å². The molecule has 2 fully saturated rings. The molecule has 6 atom stereocenters. The molecule has 0 spiro atoms. The van der Waals surface area contributed by atoms with Crippen molar-refractivity contribution in [3.8, 4) is 5.75 Å². The smallest absolute Gasteiger partial charge is 0.326 e. The number of likely N-dealkylation sites (tertiary alicyclic amines) is 1. The molecule has 2 aromatic rings. The van der Waals surface area contributed by atoms with Gasteiger partial charge in [0.25, 0.3) is 0 Å². The van der Waals surface area contributed by atoms with Crippen LogP contribution < -0.4 is 10.1 Å². The highest BCUT2D eigenvalue weighted by atomic mass is 35.5. The normalized spacial score (nSPS) is 20.7. The van der Waals surface area contributed by atoms with Crippen molar-refractivity contribution in [1.82, 2.24) is 15.1 Å². The number of fused-ring (bicyclic) bond motifs is 1. The molecule has 9 nitrogen and oxygen atoms in total. The Labute approximate surface area is 285 Å². The summed E-state index contributed by atoms with van der Waals surface area (Å²) in [5.74, 6) is 0.295. The first kappa shape index (κ1) is 38.3. The zero-order valence-electron chi connectivity index (χ0n) is 28.5. The van der Waals surface area contributed by atoms with E-state index in [1.807, 2.05) is 43.3 Å². The molecule has 0 bridgehead atoms. The lowest BCUT2D eigenvalue weighted by molar-refractivity contribution is -0.152. The predicted molar refractivity (Wildman–Crippen MR) is 186 cm³/mol. The SMILES string of the molecule is CCC[C@H](N[C@@H](C)C(=O)N1[C@H](C(=O)O)C[C@@H]2CCCC[C@@H]21)C(=O)OCC.C[C@@H](COc1ccccc1)N(CCCl)Cc1ccccc1. The number of alkyl halides is 1. The molecule has 1 saturated carbocycles. The number of carboxylic acid groups (broad SMARTS) is 1. The molecule has 260 valence electrons. The van der Waals surface area contributed by atoms with Gasteiger partial charge in [-0.2, -0.15) is 0 Å². The predicted octanol–water partition coefficient (Wildman–Crippen LogP) is 6.14. The van der Waals surface area contributed by atoms with Gasteiger partial charge < -0.3 is 19.5 Å². The topological polar surface area (TPSA) is 108 Å². The number of nitrogens with zero attached hydrogens (tertiary/aromatic N) is 2. The van der Waals surface area contributed by atoms with Crippen molar-refractivity contribution in [3.05, 3.63) is 66.2 Å². The van der Waals surface area contributed by atoms with Gasteiger partial charge in [-0.1, -0.05) is 74.7 Å². The monoisotopic (exact) mass is 671 g/mol. The summed E-state index contributed by atoms with van der Waals surface area (Å²) in [5.41, 5.74) is 1.30. The van der Waals surface area contributed by atoms with Crippen molar-refractivity contribution in [2.45, 2.75) is 109 Å². The van der Waals surface area contributed by atoms with Gasteiger partial charge in [-0.3, -0.25) is 19.8 Å². The third-order valence-corrected chi connectivity index (χ3v) is 9.22. The molecule has 2 aromatic carbocycles. The number of rotatable bonds is 16. The zero-order chi connectivity index (χ0) is 34.2. The molecule has 10 heteroatoms. The lowest BCUT2D eigenvalue weighted by atomic mass is 9.84. The molecule has 4 rings (SSSR count). The van der Waals surface area contributed by atoms with E-state index < -0.39 is 24.1 Å². The van der Waals surface area contributed by atoms with Crippen LogP contribution in [-0.4, -0.2) is 88.6 Å². The molecule has 1 aliphatic heterocycles. The van der Waals surface area contributed by atoms with E-state index in [1.54, 1.807) is 18.7 Å². The number of para-hydroxylation sites is 1. The van der Waals surface area contributed by atoms with Gasteiger partial charge in [-0.25, -0.2) is 4.79 Å². The Morgan fingerprint density at radius 3 is 2.30 bits per heavy atom. The first-order valence-corrected chi connectivity index (χ1v) is 17.7. The molecular weight excluding hydrogens is 618 g/mol. The summed E-state index contributed by atoms with van der Waals surface area (Å²) >= 11 is 5.94. The number of ether oxygens (including phenoxy) is 2. The number of nitrogens with one attached hydrogen (secondary N) is 1. The van der Waals surface area contributed by atoms with E-state index in [0.29, 0.717) is 38.0 Å². The number of benzene rings is 2. The molecule has 1 saturated heterocycles. The molecule has 2 N–H and O–H groups in total. The average Bonchev–Trinajstić information content (AvgIpc) is 3.48. The van der Waals surface area contributed by atoms with E-state index in [1.165, 1.54) is 5.56 Å². The molecule has 0 radical (unpaired) electrons. The highest BCUT2D eigenvalue weighted by Gasteiger charge is 2.48. The van der Waals surface area contributed by atoms with E-state index in [9.17, 15) is 19.5 Å². The maximum absolute atomic E-state index is 13.1. The molecule has 47 heavy (non-hydrogen) atoms. The quantitative estimate of drug-likeness (QED) is 0.162. The number of carbonyl (C=O) groups excluding carboxylic acids is 2. The lowest BCUT2D eigenvalue weighted by Crippen LogP contribution is -2.55. The van der Waals surface area contributed by atoms with Gasteiger partial charge in [-0.05, 0) is 70.1 Å². The highest BCUT2D eigenvalue weighted by Crippen LogP contribution is 2.40. The summed E-state index contributed by atoms with van der Waals surface area (Å²) < 4.78 is 10.9. The average molecular weight is 672 g/mol. The lowest BCUT2D eigenvalue weighted by Gasteiger charge is -2.35. The Hall–Kier alpha value is -3.14. The van der Waals surface area contributed by atoms with E-state index in [4.69, 9.17) is 21.1 Å². The van der Waals surface area contributed by atoms with Crippen LogP contribution in [0.4, 0.5) is 0 Å². The minimum Gasteiger partial charge on any atom is -0.492 e. The number of hydrogen-bond donors (Lipinski definition) is 2. The fraction of sp³-hybridized carbons (Fsp3) is 0.595. The Morgan fingerprint density at radius 2 is 1.68 bits per heavy atom. The maximum Gasteiger partial charge on any atom is 0.326 e. The van der Waals surface area contributed by atoms with Crippen LogP contribution in [0.5, 0.6) is 5.75 Å². The Bertz CT molecular complexity index is 1220. The van der Waals surface area contributed by atoms with E-state index in [-0.39, 0.29) is 23.8 Å². The first-order valence-electron chi connectivity index (χ1n) is 17.2. The molecule has 0 aromatic heterocycles. The minimum absolute atomic E-state index is 0.00817. The summed E-state index contributed by atoms with van der Waals surface area (Å²) in [5, 5.41) is 12.7. The van der Waals surface area contributed by atoms with Crippen LogP contribution in [0.1, 0.15) is 78.2 Å². The number of hydrogen-bond acceptors (Lipinski definition) is 7. The van der Waals surface area contributed by atoms with Gasteiger partial charge >= 0.3 is 11.9 Å². The summed E-state index contributed by atoms with van der Waals surface area (Å²) in [7, 11) is 0. The van der Waals surface area contributed by atoms with Gasteiger partial charge in [-0.15, -0.1) is 11.6 Å². The van der Waals surface area contributed by atoms with Crippen LogP contribution in [-0.2, 0) is 25.7 Å². The molecular formula is C37H54ClN3O6. The number of carboxylic acids is 1. The van der Waals surface area contributed by atoms with Crippen molar-refractivity contribution in [3.63, 3.8) is 0 Å². The molecule has 2 aliphatic rings. The van der Waals surface area contributed by atoms with Crippen LogP contribution in [0, 0.1) is 5.92 Å². The maximum atomic E-state index is 13.1. The van der Waals surface area contributed by atoms with Crippen LogP contribution >= 0.6 is 11.6 Å². The number of carbonyl (C=O) groups is 3. The molecule has 0 unspecified atom stereocenters. The van der Waals surface area contributed by atoms with E-state index in [2.05, 4.69) is 41.4 Å². The Balaban J connectivity index is 0.000000261. The van der Waals surface area contributed by atoms with Crippen molar-refractivity contribution in [1.29, 1.82) is 0 Å². The van der Waals surface area contributed by atoms with Crippen molar-refractivity contribution in [2.75, 3.05) is 25.6 Å². The first-order chi connectivity index (χ1) is 22.7. The second-order valence-electron chi connectivity index (χ2n) is 12.5. The minimum atomic E-state index is -0.935. The standard InChI is InChI=1S/C19H32N2O5.C18H22ClNO/c1-4-8-14(19(25)26-5-2)20-12(3)17(22)21-15-10-7-6-9-13(15)11-16(21)18(23)24;1-16(15-21-18-10-6-3-7-11-18)20(13-12-19)14-17-8-4-2-5-9-17/h12-16,20H,4-11H2,1-3H3,(H,23,24);2-11,16H,12-15H2,1H3/t12-,13-,14-,15-,16-;16-/m00/s1. The molecule has 1 aliphatic carbocycles. The van der Waals surface area contributed by atoms with Crippen molar-refractivity contribution >= 4 is 29.4 Å². The van der Waals surface area contributed by atoms with Crippen molar-refractivity contribution < 1.29 is 29.0 Å². The van der Waals surface area contributed by atoms with Crippen LogP contribution in [0.2, 0.25) is 0 Å². The van der Waals surface area contributed by atoms with Crippen LogP contribution in [0.25, 0.3) is 0 Å². The number of halogens is 1. The van der Waals surface area contributed by atoms with E-state index >= 15 is 0 Å². The largest absolute Gasteiger partial charge is 0.492 e. The van der Waals surface area contributed by atoms with Crippen LogP contribution in [0.3, 0.4) is 0 Å². The highest BCUT2D eigenvalue weighted by molar-refractivity contribution is 6.18. The number of esters is 1. The summed E-state index contributed by atoms with van der Waals surface area (Å²) in [6.07, 6.45) is 5.87. The van der Waals surface area contributed by atoms with Gasteiger partial charge in [0.15, 0.2) is 0 Å². The van der Waals surface area contributed by atoms with Gasteiger partial charge in [0.05, 0.1) is 12.6 Å². The fourth-order valence-electron chi connectivity index (χ4n) is 6.62. The van der Waals surface area contributed by atoms with Crippen molar-refractivity contribution in [2.24, 2.45) is 5.92 Å². The molecule has 1 heterocycles. The summed E-state index contributed by atoms with van der Waals surface area (Å²) in [4.78, 5) is 40.8. The third kappa shape index (κ3) is 11.8. The zero-order valence-corrected chi connectivity index (χ0v) is 29.2. The molecule has 1 amide bonds. The second-order valence-corrected chi connectivity index (χ2v) is 12.9. The Morgan fingerprint density at radius 1 is 1.02 bits per heavy atom. The van der Waals surface area contributed by atoms with Gasteiger partial charge in [0.2, 0.25) is 5.91 Å². The van der Waals surface area contributed by atoms with Gasteiger partial charge in [0, 0.05) is 31.1 Å². The number of amides is 1. The fourth-order valence-corrected chi connectivity index (χ4v) is 6.83. The summed E-state index contributed by atoms with van der Waals surface area (Å²) in [6.45, 7) is 10.3. The third-order valence-electron chi connectivity index (χ3n) is 9.06. The number of aliphatic carboxylic acids is 1.